The van der Waals surface area contributed by atoms with Crippen molar-refractivity contribution in [1.82, 2.24) is 20.3 Å². The maximum atomic E-state index is 11.8. The summed E-state index contributed by atoms with van der Waals surface area (Å²) in [5.41, 5.74) is 3.07. The summed E-state index contributed by atoms with van der Waals surface area (Å²) in [6.45, 7) is -0.376. The van der Waals surface area contributed by atoms with Crippen LogP contribution in [-0.4, -0.2) is 37.7 Å². The van der Waals surface area contributed by atoms with Gasteiger partial charge in [-0.25, -0.2) is 20.1 Å². The van der Waals surface area contributed by atoms with Gasteiger partial charge in [0.25, 0.3) is 11.6 Å². The first-order valence-corrected chi connectivity index (χ1v) is 6.49. The highest BCUT2D eigenvalue weighted by Crippen LogP contribution is 2.17. The van der Waals surface area contributed by atoms with Crippen LogP contribution in [0.1, 0.15) is 0 Å². The molecule has 12 heteroatoms. The lowest BCUT2D eigenvalue weighted by atomic mass is 10.3. The highest BCUT2D eigenvalue weighted by Gasteiger charge is 2.11. The molecule has 0 bridgehead atoms. The molecule has 122 valence electrons. The summed E-state index contributed by atoms with van der Waals surface area (Å²) in [5.74, 6) is -0.337. The predicted octanol–water partition coefficient (Wildman–Crippen LogP) is 0.903. The average molecular weight is 331 g/mol. The van der Waals surface area contributed by atoms with E-state index in [1.807, 2.05) is 0 Å². The van der Waals surface area contributed by atoms with Crippen molar-refractivity contribution in [2.75, 3.05) is 17.4 Å². The van der Waals surface area contributed by atoms with Crippen molar-refractivity contribution in [3.63, 3.8) is 0 Å². The number of carbonyl (C=O) groups excluding carboxylic acids is 1. The van der Waals surface area contributed by atoms with E-state index >= 15 is 0 Å². The molecule has 0 saturated heterocycles. The number of hydrogen-bond acceptors (Lipinski definition) is 10. The van der Waals surface area contributed by atoms with Crippen LogP contribution in [0.2, 0.25) is 0 Å². The normalized spacial score (nSPS) is 10.5. The van der Waals surface area contributed by atoms with Crippen molar-refractivity contribution in [2.24, 2.45) is 0 Å². The molecule has 24 heavy (non-hydrogen) atoms. The standard InChI is InChI=1S/C12H9N7O5/c20-9(15-7-2-1-3-8(4-7)19(21)22)5-23-17-11-10-12(14-6-13-11)18-24-16-10/h1-4,6H,5H2,(H,15,20)(H,13,14,17,18). The average Bonchev–Trinajstić information content (AvgIpc) is 3.04. The quantitative estimate of drug-likeness (QED) is 0.491. The van der Waals surface area contributed by atoms with Crippen LogP contribution in [0.3, 0.4) is 0 Å². The van der Waals surface area contributed by atoms with E-state index in [2.05, 4.69) is 35.7 Å². The monoisotopic (exact) mass is 331 g/mol. The van der Waals surface area contributed by atoms with Gasteiger partial charge in [-0.2, -0.15) is 0 Å². The maximum Gasteiger partial charge on any atom is 0.271 e. The molecule has 0 aliphatic heterocycles. The van der Waals surface area contributed by atoms with Crippen LogP contribution < -0.4 is 10.8 Å². The van der Waals surface area contributed by atoms with Gasteiger partial charge in [-0.05, 0) is 16.4 Å². The molecule has 2 aromatic heterocycles. The Morgan fingerprint density at radius 2 is 2.21 bits per heavy atom. The van der Waals surface area contributed by atoms with Crippen molar-refractivity contribution < 1.29 is 19.2 Å². The van der Waals surface area contributed by atoms with Gasteiger partial charge >= 0.3 is 0 Å². The first-order valence-electron chi connectivity index (χ1n) is 6.49. The minimum atomic E-state index is -0.556. The van der Waals surface area contributed by atoms with Crippen LogP contribution in [0.5, 0.6) is 0 Å². The number of non-ortho nitro benzene ring substituents is 1. The third kappa shape index (κ3) is 3.38. The number of nitro benzene ring substituents is 1. The molecule has 3 rings (SSSR count). The second-order valence-corrected chi connectivity index (χ2v) is 4.41. The first-order chi connectivity index (χ1) is 11.6. The van der Waals surface area contributed by atoms with E-state index in [4.69, 9.17) is 4.84 Å². The molecule has 12 nitrogen and oxygen atoms in total. The second kappa shape index (κ2) is 6.62. The van der Waals surface area contributed by atoms with E-state index in [0.717, 1.165) is 0 Å². The first kappa shape index (κ1) is 15.2. The van der Waals surface area contributed by atoms with Gasteiger partial charge in [-0.1, -0.05) is 6.07 Å². The lowest BCUT2D eigenvalue weighted by Crippen LogP contribution is -2.20. The molecule has 0 aliphatic carbocycles. The van der Waals surface area contributed by atoms with E-state index in [1.165, 1.54) is 30.6 Å². The fourth-order valence-corrected chi connectivity index (χ4v) is 1.76. The lowest BCUT2D eigenvalue weighted by molar-refractivity contribution is -0.384. The van der Waals surface area contributed by atoms with Gasteiger partial charge < -0.3 is 5.32 Å². The Balaban J connectivity index is 1.55. The molecule has 0 radical (unpaired) electrons. The van der Waals surface area contributed by atoms with Crippen LogP contribution >= 0.6 is 0 Å². The minimum Gasteiger partial charge on any atom is -0.324 e. The van der Waals surface area contributed by atoms with E-state index < -0.39 is 10.8 Å². The molecule has 1 amide bonds. The topological polar surface area (TPSA) is 158 Å². The highest BCUT2D eigenvalue weighted by molar-refractivity contribution is 5.92. The second-order valence-electron chi connectivity index (χ2n) is 4.41. The molecule has 0 atom stereocenters. The van der Waals surface area contributed by atoms with Crippen molar-refractivity contribution in [3.8, 4) is 0 Å². The molecule has 0 spiro atoms. The molecule has 0 fully saturated rings. The Labute approximate surface area is 132 Å². The summed E-state index contributed by atoms with van der Waals surface area (Å²) in [6, 6.07) is 5.54. The van der Waals surface area contributed by atoms with E-state index in [-0.39, 0.29) is 35.0 Å². The smallest absolute Gasteiger partial charge is 0.271 e. The minimum absolute atomic E-state index is 0.131. The lowest BCUT2D eigenvalue weighted by Gasteiger charge is -2.07. The Kier molecular flexibility index (Phi) is 4.20. The zero-order valence-corrected chi connectivity index (χ0v) is 11.9. The summed E-state index contributed by atoms with van der Waals surface area (Å²) < 4.78 is 4.51. The van der Waals surface area contributed by atoms with Gasteiger partial charge in [0.1, 0.15) is 6.33 Å². The number of nitro groups is 1. The predicted molar refractivity (Wildman–Crippen MR) is 78.7 cm³/mol. The molecule has 0 saturated carbocycles. The number of carbonyl (C=O) groups is 1. The summed E-state index contributed by atoms with van der Waals surface area (Å²) in [4.78, 5) is 34.6. The number of fused-ring (bicyclic) bond motifs is 1. The van der Waals surface area contributed by atoms with Gasteiger partial charge in [0.15, 0.2) is 17.9 Å². The molecular formula is C12H9N7O5. The Hall–Kier alpha value is -3.67. The van der Waals surface area contributed by atoms with Gasteiger partial charge in [-0.3, -0.25) is 19.7 Å². The van der Waals surface area contributed by atoms with Crippen molar-refractivity contribution in [1.29, 1.82) is 0 Å². The number of benzene rings is 1. The molecular weight excluding hydrogens is 322 g/mol. The molecule has 0 unspecified atom stereocenters. The SMILES string of the molecule is O=C(CONc1ncnc2nonc12)Nc1cccc([N+](=O)[O-])c1. The van der Waals surface area contributed by atoms with Crippen LogP contribution in [0.15, 0.2) is 35.2 Å². The largest absolute Gasteiger partial charge is 0.324 e. The number of nitrogens with one attached hydrogen (secondary N) is 2. The van der Waals surface area contributed by atoms with Crippen LogP contribution in [0.25, 0.3) is 11.2 Å². The van der Waals surface area contributed by atoms with Gasteiger partial charge in [0.05, 0.1) is 4.92 Å². The van der Waals surface area contributed by atoms with Gasteiger partial charge in [0.2, 0.25) is 5.65 Å². The summed E-state index contributed by atoms with van der Waals surface area (Å²) in [5, 5.41) is 20.3. The van der Waals surface area contributed by atoms with E-state index in [0.29, 0.717) is 0 Å². The Morgan fingerprint density at radius 3 is 3.04 bits per heavy atom. The number of nitrogens with zero attached hydrogens (tertiary/aromatic N) is 5. The van der Waals surface area contributed by atoms with Crippen LogP contribution in [0, 0.1) is 10.1 Å². The summed E-state index contributed by atoms with van der Waals surface area (Å²) in [6.07, 6.45) is 1.22. The molecule has 2 N–H and O–H groups in total. The number of amides is 1. The highest BCUT2D eigenvalue weighted by atomic mass is 16.6. The third-order valence-electron chi connectivity index (χ3n) is 2.78. The van der Waals surface area contributed by atoms with E-state index in [9.17, 15) is 14.9 Å². The van der Waals surface area contributed by atoms with Crippen molar-refractivity contribution in [2.45, 2.75) is 0 Å². The molecule has 3 aromatic rings. The summed E-state index contributed by atoms with van der Waals surface area (Å²) in [7, 11) is 0. The number of anilines is 2. The fourth-order valence-electron chi connectivity index (χ4n) is 1.76. The van der Waals surface area contributed by atoms with Gasteiger partial charge in [-0.15, -0.1) is 0 Å². The fraction of sp³-hybridized carbons (Fsp3) is 0.0833. The molecule has 1 aromatic carbocycles. The zero-order valence-electron chi connectivity index (χ0n) is 11.9. The Morgan fingerprint density at radius 1 is 1.33 bits per heavy atom. The number of aromatic nitrogens is 4. The molecule has 0 aliphatic rings. The van der Waals surface area contributed by atoms with Crippen LogP contribution in [0.4, 0.5) is 17.2 Å². The third-order valence-corrected chi connectivity index (χ3v) is 2.78. The van der Waals surface area contributed by atoms with E-state index in [1.54, 1.807) is 0 Å². The van der Waals surface area contributed by atoms with Crippen molar-refractivity contribution >= 4 is 34.3 Å². The summed E-state index contributed by atoms with van der Waals surface area (Å²) >= 11 is 0. The van der Waals surface area contributed by atoms with Gasteiger partial charge in [0, 0.05) is 17.8 Å². The number of rotatable bonds is 6. The number of hydrogen-bond donors (Lipinski definition) is 2. The zero-order chi connectivity index (χ0) is 16.9. The van der Waals surface area contributed by atoms with Crippen LogP contribution in [-0.2, 0) is 9.63 Å². The maximum absolute atomic E-state index is 11.8. The Bertz CT molecular complexity index is 896. The molecule has 2 heterocycles. The van der Waals surface area contributed by atoms with Crippen molar-refractivity contribution in [3.05, 3.63) is 40.7 Å².